The number of nitrogens with zero attached hydrogens (tertiary/aromatic N) is 1. The second kappa shape index (κ2) is 7.45. The summed E-state index contributed by atoms with van der Waals surface area (Å²) < 4.78 is 0. The monoisotopic (exact) mass is 365 g/mol. The van der Waals surface area contributed by atoms with Gasteiger partial charge in [0.05, 0.1) is 11.2 Å². The minimum Gasteiger partial charge on any atom is -0.478 e. The van der Waals surface area contributed by atoms with Crippen LogP contribution in [-0.2, 0) is 12.1 Å². The van der Waals surface area contributed by atoms with Crippen LogP contribution in [-0.4, -0.2) is 33.7 Å². The van der Waals surface area contributed by atoms with Gasteiger partial charge in [0, 0.05) is 25.0 Å². The molecule has 1 heterocycles. The van der Waals surface area contributed by atoms with Gasteiger partial charge in [-0.25, -0.2) is 4.79 Å². The second-order valence-electron chi connectivity index (χ2n) is 7.93. The molecule has 4 rings (SSSR count). The van der Waals surface area contributed by atoms with Crippen LogP contribution >= 0.6 is 0 Å². The van der Waals surface area contributed by atoms with E-state index in [9.17, 15) is 15.0 Å². The van der Waals surface area contributed by atoms with Crippen molar-refractivity contribution < 1.29 is 15.0 Å². The first-order valence-electron chi connectivity index (χ1n) is 9.93. The highest BCUT2D eigenvalue weighted by atomic mass is 16.4. The van der Waals surface area contributed by atoms with Gasteiger partial charge in [0.25, 0.3) is 0 Å². The zero-order chi connectivity index (χ0) is 18.9. The molecule has 2 aromatic rings. The van der Waals surface area contributed by atoms with Gasteiger partial charge in [-0.2, -0.15) is 0 Å². The van der Waals surface area contributed by atoms with Crippen molar-refractivity contribution >= 4 is 5.97 Å². The van der Waals surface area contributed by atoms with Gasteiger partial charge in [-0.15, -0.1) is 0 Å². The summed E-state index contributed by atoms with van der Waals surface area (Å²) in [6.07, 6.45) is 5.09. The van der Waals surface area contributed by atoms with Gasteiger partial charge >= 0.3 is 5.97 Å². The van der Waals surface area contributed by atoms with Gasteiger partial charge in [-0.1, -0.05) is 61.4 Å². The van der Waals surface area contributed by atoms with Crippen LogP contribution in [0.15, 0.2) is 54.6 Å². The van der Waals surface area contributed by atoms with Crippen molar-refractivity contribution in [3.05, 3.63) is 71.3 Å². The highest BCUT2D eigenvalue weighted by Gasteiger charge is 2.48. The largest absolute Gasteiger partial charge is 0.478 e. The number of benzene rings is 2. The third-order valence-electron chi connectivity index (χ3n) is 6.49. The number of fused-ring (bicyclic) bond motifs is 1. The molecule has 0 spiro atoms. The number of rotatable bonds is 4. The van der Waals surface area contributed by atoms with Crippen molar-refractivity contribution in [2.45, 2.75) is 50.3 Å². The van der Waals surface area contributed by atoms with E-state index in [1.165, 1.54) is 6.42 Å². The van der Waals surface area contributed by atoms with Crippen LogP contribution in [0, 0.1) is 5.92 Å². The molecule has 2 fully saturated rings. The number of piperidine rings is 1. The number of hydrogen-bond acceptors (Lipinski definition) is 3. The molecule has 0 aromatic heterocycles. The molecule has 2 aliphatic rings. The van der Waals surface area contributed by atoms with Crippen LogP contribution in [0.5, 0.6) is 0 Å². The summed E-state index contributed by atoms with van der Waals surface area (Å²) in [6, 6.07) is 17.6. The molecule has 0 amide bonds. The molecule has 0 bridgehead atoms. The molecule has 1 aliphatic heterocycles. The fraction of sp³-hybridized carbons (Fsp3) is 0.435. The van der Waals surface area contributed by atoms with Crippen LogP contribution in [0.25, 0.3) is 0 Å². The van der Waals surface area contributed by atoms with Gasteiger partial charge in [0.1, 0.15) is 0 Å². The minimum atomic E-state index is -0.872. The molecule has 1 saturated carbocycles. The van der Waals surface area contributed by atoms with Crippen molar-refractivity contribution in [3.8, 4) is 0 Å². The Bertz CT molecular complexity index is 806. The Morgan fingerprint density at radius 3 is 2.52 bits per heavy atom. The maximum atomic E-state index is 11.6. The maximum Gasteiger partial charge on any atom is 0.336 e. The second-order valence-corrected chi connectivity index (χ2v) is 7.93. The van der Waals surface area contributed by atoms with E-state index < -0.39 is 11.6 Å². The van der Waals surface area contributed by atoms with Crippen LogP contribution in [0.1, 0.15) is 53.6 Å². The lowest BCUT2D eigenvalue weighted by Crippen LogP contribution is -2.57. The fourth-order valence-corrected chi connectivity index (χ4v) is 5.14. The van der Waals surface area contributed by atoms with Gasteiger partial charge in [-0.05, 0) is 36.5 Å². The molecule has 0 unspecified atom stereocenters. The number of carboxylic acids is 1. The van der Waals surface area contributed by atoms with Gasteiger partial charge in [0.15, 0.2) is 0 Å². The Kier molecular flexibility index (Phi) is 5.02. The number of hydrogen-bond donors (Lipinski definition) is 2. The first-order valence-corrected chi connectivity index (χ1v) is 9.93. The number of aromatic carboxylic acids is 1. The summed E-state index contributed by atoms with van der Waals surface area (Å²) in [5.74, 6) is -0.678. The molecule has 27 heavy (non-hydrogen) atoms. The van der Waals surface area contributed by atoms with Crippen LogP contribution in [0.2, 0.25) is 0 Å². The first kappa shape index (κ1) is 18.2. The van der Waals surface area contributed by atoms with E-state index in [0.717, 1.165) is 36.9 Å². The Morgan fingerprint density at radius 2 is 1.74 bits per heavy atom. The lowest BCUT2D eigenvalue weighted by Gasteiger charge is -2.52. The molecule has 0 radical (unpaired) electrons. The van der Waals surface area contributed by atoms with Gasteiger partial charge in [0.2, 0.25) is 0 Å². The summed E-state index contributed by atoms with van der Waals surface area (Å²) >= 11 is 0. The van der Waals surface area contributed by atoms with Crippen molar-refractivity contribution in [2.24, 2.45) is 5.92 Å². The van der Waals surface area contributed by atoms with Gasteiger partial charge in [-0.3, -0.25) is 4.90 Å². The minimum absolute atomic E-state index is 0.194. The van der Waals surface area contributed by atoms with E-state index in [4.69, 9.17) is 0 Å². The van der Waals surface area contributed by atoms with Crippen molar-refractivity contribution in [1.29, 1.82) is 0 Å². The third kappa shape index (κ3) is 3.40. The molecule has 4 heteroatoms. The van der Waals surface area contributed by atoms with E-state index in [2.05, 4.69) is 4.90 Å². The van der Waals surface area contributed by atoms with Crippen LogP contribution in [0.4, 0.5) is 0 Å². The average Bonchev–Trinajstić information content (AvgIpc) is 2.71. The normalized spacial score (nSPS) is 28.5. The molecular weight excluding hydrogens is 338 g/mol. The summed E-state index contributed by atoms with van der Waals surface area (Å²) in [4.78, 5) is 14.0. The van der Waals surface area contributed by atoms with E-state index in [1.807, 2.05) is 42.5 Å². The molecular formula is C23H27NO3. The quantitative estimate of drug-likeness (QED) is 0.859. The molecule has 142 valence electrons. The highest BCUT2D eigenvalue weighted by Crippen LogP contribution is 2.47. The molecule has 2 aromatic carbocycles. The predicted octanol–water partition coefficient (Wildman–Crippen LogP) is 4.04. The number of aliphatic hydroxyl groups is 1. The van der Waals surface area contributed by atoms with Gasteiger partial charge < -0.3 is 10.2 Å². The maximum absolute atomic E-state index is 11.6. The Hall–Kier alpha value is -2.17. The molecule has 4 nitrogen and oxygen atoms in total. The molecule has 3 atom stereocenters. The SMILES string of the molecule is O=C(O)c1ccccc1CN1CC[C@@](O)(c2ccccc2)[C@H]2CCCC[C@H]21. The van der Waals surface area contributed by atoms with E-state index in [0.29, 0.717) is 24.6 Å². The van der Waals surface area contributed by atoms with E-state index >= 15 is 0 Å². The number of carboxylic acid groups (broad SMARTS) is 1. The summed E-state index contributed by atoms with van der Waals surface area (Å²) in [5, 5.41) is 21.1. The molecule has 2 N–H and O–H groups in total. The third-order valence-corrected chi connectivity index (χ3v) is 6.49. The Balaban J connectivity index is 1.62. The van der Waals surface area contributed by atoms with Crippen molar-refractivity contribution in [1.82, 2.24) is 4.90 Å². The molecule has 1 aliphatic carbocycles. The topological polar surface area (TPSA) is 60.8 Å². The van der Waals surface area contributed by atoms with Crippen molar-refractivity contribution in [3.63, 3.8) is 0 Å². The van der Waals surface area contributed by atoms with Crippen LogP contribution < -0.4 is 0 Å². The molecule has 1 saturated heterocycles. The standard InChI is InChI=1S/C23H27NO3/c25-22(26)19-11-5-4-8-17(19)16-24-15-14-23(27,18-9-2-1-3-10-18)20-12-6-7-13-21(20)24/h1-5,8-11,20-21,27H,6-7,12-16H2,(H,25,26)/t20-,21+,23+/m0/s1. The summed E-state index contributed by atoms with van der Waals surface area (Å²) in [5.41, 5.74) is 1.48. The Morgan fingerprint density at radius 1 is 1.04 bits per heavy atom. The summed E-state index contributed by atoms with van der Waals surface area (Å²) in [6.45, 7) is 1.41. The highest BCUT2D eigenvalue weighted by molar-refractivity contribution is 5.89. The zero-order valence-corrected chi connectivity index (χ0v) is 15.6. The lowest BCUT2D eigenvalue weighted by molar-refractivity contribution is -0.123. The zero-order valence-electron chi connectivity index (χ0n) is 15.6. The van der Waals surface area contributed by atoms with Crippen molar-refractivity contribution in [2.75, 3.05) is 6.54 Å². The lowest BCUT2D eigenvalue weighted by atomic mass is 9.66. The first-order chi connectivity index (χ1) is 13.1. The Labute approximate surface area is 160 Å². The predicted molar refractivity (Wildman–Crippen MR) is 105 cm³/mol. The van der Waals surface area contributed by atoms with Crippen LogP contribution in [0.3, 0.4) is 0 Å². The number of likely N-dealkylation sites (tertiary alicyclic amines) is 1. The number of carbonyl (C=O) groups is 1. The van der Waals surface area contributed by atoms with E-state index in [-0.39, 0.29) is 5.92 Å². The summed E-state index contributed by atoms with van der Waals surface area (Å²) in [7, 11) is 0. The smallest absolute Gasteiger partial charge is 0.336 e. The van der Waals surface area contributed by atoms with E-state index in [1.54, 1.807) is 12.1 Å². The fourth-order valence-electron chi connectivity index (χ4n) is 5.14. The average molecular weight is 365 g/mol.